The zero-order valence-electron chi connectivity index (χ0n) is 12.6. The lowest BCUT2D eigenvalue weighted by atomic mass is 10.2. The van der Waals surface area contributed by atoms with Gasteiger partial charge in [-0.15, -0.1) is 0 Å². The van der Waals surface area contributed by atoms with Gasteiger partial charge in [-0.3, -0.25) is 4.79 Å². The zero-order valence-corrected chi connectivity index (χ0v) is 13.4. The summed E-state index contributed by atoms with van der Waals surface area (Å²) in [7, 11) is 0. The molecule has 0 aliphatic heterocycles. The maximum atomic E-state index is 11.7. The van der Waals surface area contributed by atoms with Crippen LogP contribution < -0.4 is 10.6 Å². The third kappa shape index (κ3) is 6.34. The van der Waals surface area contributed by atoms with Gasteiger partial charge in [0, 0.05) is 12.6 Å². The van der Waals surface area contributed by atoms with E-state index in [0.717, 1.165) is 17.3 Å². The van der Waals surface area contributed by atoms with Crippen LogP contribution >= 0.6 is 11.8 Å². The monoisotopic (exact) mass is 314 g/mol. The van der Waals surface area contributed by atoms with Crippen molar-refractivity contribution in [3.05, 3.63) is 46.5 Å². The highest BCUT2D eigenvalue weighted by molar-refractivity contribution is 8.03. The van der Waals surface area contributed by atoms with Crippen LogP contribution in [0.25, 0.3) is 0 Å². The van der Waals surface area contributed by atoms with Crippen LogP contribution in [0.2, 0.25) is 0 Å². The summed E-state index contributed by atoms with van der Waals surface area (Å²) in [6.45, 7) is 4.24. The zero-order chi connectivity index (χ0) is 16.4. The van der Waals surface area contributed by atoms with Gasteiger partial charge >= 0.3 is 0 Å². The van der Waals surface area contributed by atoms with Crippen molar-refractivity contribution in [3.63, 3.8) is 0 Å². The van der Waals surface area contributed by atoms with Crippen molar-refractivity contribution >= 4 is 17.7 Å². The van der Waals surface area contributed by atoms with Crippen LogP contribution in [0.1, 0.15) is 19.4 Å². The minimum absolute atomic E-state index is 0.0155. The van der Waals surface area contributed by atoms with E-state index >= 15 is 0 Å². The first-order valence-electron chi connectivity index (χ1n) is 6.81. The predicted octanol–water partition coefficient (Wildman–Crippen LogP) is 2.29. The van der Waals surface area contributed by atoms with Gasteiger partial charge in [0.2, 0.25) is 5.91 Å². The summed E-state index contributed by atoms with van der Waals surface area (Å²) in [6, 6.07) is 13.4. The average molecular weight is 314 g/mol. The molecule has 0 bridgehead atoms. The van der Waals surface area contributed by atoms with Gasteiger partial charge in [0.15, 0.2) is 5.57 Å². The topological polar surface area (TPSA) is 88.7 Å². The van der Waals surface area contributed by atoms with Crippen LogP contribution in [0.5, 0.6) is 0 Å². The summed E-state index contributed by atoms with van der Waals surface area (Å²) in [5, 5.41) is 24.3. The molecule has 0 heterocycles. The molecule has 0 spiro atoms. The quantitative estimate of drug-likeness (QED) is 0.754. The van der Waals surface area contributed by atoms with Crippen LogP contribution in [-0.2, 0) is 11.3 Å². The molecule has 22 heavy (non-hydrogen) atoms. The molecule has 0 fully saturated rings. The Morgan fingerprint density at radius 2 is 1.86 bits per heavy atom. The molecule has 1 aromatic rings. The summed E-state index contributed by atoms with van der Waals surface area (Å²) in [5.74, 6) is 0.0246. The van der Waals surface area contributed by atoms with E-state index in [-0.39, 0.29) is 23.3 Å². The number of carbonyl (C=O) groups is 1. The van der Waals surface area contributed by atoms with Crippen molar-refractivity contribution in [3.8, 4) is 12.1 Å². The van der Waals surface area contributed by atoms with Crippen molar-refractivity contribution < 1.29 is 4.79 Å². The second-order valence-electron chi connectivity index (χ2n) is 4.78. The highest BCUT2D eigenvalue weighted by Gasteiger charge is 2.11. The number of nitriles is 2. The molecule has 2 N–H and O–H groups in total. The van der Waals surface area contributed by atoms with Gasteiger partial charge in [-0.25, -0.2) is 0 Å². The molecule has 0 aromatic heterocycles. The lowest BCUT2D eigenvalue weighted by Crippen LogP contribution is -2.31. The minimum Gasteiger partial charge on any atom is -0.374 e. The molecule has 0 saturated heterocycles. The lowest BCUT2D eigenvalue weighted by Gasteiger charge is -2.12. The second-order valence-corrected chi connectivity index (χ2v) is 5.76. The molecule has 0 unspecified atom stereocenters. The van der Waals surface area contributed by atoms with Crippen LogP contribution in [-0.4, -0.2) is 17.7 Å². The Labute approximate surface area is 135 Å². The second kappa shape index (κ2) is 9.49. The van der Waals surface area contributed by atoms with Crippen LogP contribution in [0.15, 0.2) is 40.9 Å². The summed E-state index contributed by atoms with van der Waals surface area (Å²) in [5.41, 5.74) is 1.01. The van der Waals surface area contributed by atoms with E-state index in [0.29, 0.717) is 11.6 Å². The van der Waals surface area contributed by atoms with Gasteiger partial charge in [0.05, 0.1) is 10.8 Å². The Bertz CT molecular complexity index is 595. The number of allylic oxidation sites excluding steroid dienone is 1. The van der Waals surface area contributed by atoms with E-state index in [1.54, 1.807) is 0 Å². The Balaban J connectivity index is 2.70. The largest absolute Gasteiger partial charge is 0.374 e. The molecule has 1 aromatic carbocycles. The van der Waals surface area contributed by atoms with E-state index in [4.69, 9.17) is 10.5 Å². The maximum absolute atomic E-state index is 11.7. The number of hydrogen-bond donors (Lipinski definition) is 2. The fraction of sp³-hybridized carbons (Fsp3) is 0.312. The van der Waals surface area contributed by atoms with E-state index in [9.17, 15) is 4.79 Å². The number of amides is 1. The molecule has 0 atom stereocenters. The minimum atomic E-state index is -0.130. The molecule has 1 rings (SSSR count). The first-order valence-corrected chi connectivity index (χ1v) is 7.79. The average Bonchev–Trinajstić information content (AvgIpc) is 2.50. The van der Waals surface area contributed by atoms with Gasteiger partial charge in [0.1, 0.15) is 12.1 Å². The smallest absolute Gasteiger partial charge is 0.230 e. The molecular formula is C16H18N4OS. The third-order valence-corrected chi connectivity index (χ3v) is 3.59. The Kier molecular flexibility index (Phi) is 7.60. The maximum Gasteiger partial charge on any atom is 0.230 e. The van der Waals surface area contributed by atoms with Crippen LogP contribution in [0, 0.1) is 22.7 Å². The Morgan fingerprint density at radius 1 is 1.23 bits per heavy atom. The van der Waals surface area contributed by atoms with E-state index in [2.05, 4.69) is 10.6 Å². The van der Waals surface area contributed by atoms with Gasteiger partial charge in [-0.1, -0.05) is 42.1 Å². The fourth-order valence-corrected chi connectivity index (χ4v) is 2.39. The Hall–Kier alpha value is -2.44. The van der Waals surface area contributed by atoms with Crippen molar-refractivity contribution in [1.29, 1.82) is 10.5 Å². The van der Waals surface area contributed by atoms with E-state index in [1.807, 2.05) is 56.3 Å². The summed E-state index contributed by atoms with van der Waals surface area (Å²) in [6.07, 6.45) is 0. The fourth-order valence-electron chi connectivity index (χ4n) is 1.62. The highest BCUT2D eigenvalue weighted by Crippen LogP contribution is 2.17. The third-order valence-electron chi connectivity index (χ3n) is 2.54. The molecule has 0 saturated carbocycles. The normalized spacial score (nSPS) is 9.50. The van der Waals surface area contributed by atoms with Crippen molar-refractivity contribution in [2.75, 3.05) is 5.75 Å². The molecule has 0 aliphatic carbocycles. The number of thioether (sulfide) groups is 1. The van der Waals surface area contributed by atoms with E-state index in [1.165, 1.54) is 0 Å². The molecule has 1 amide bonds. The van der Waals surface area contributed by atoms with Crippen LogP contribution in [0.3, 0.4) is 0 Å². The molecule has 6 heteroatoms. The Morgan fingerprint density at radius 3 is 2.41 bits per heavy atom. The van der Waals surface area contributed by atoms with Gasteiger partial charge in [0.25, 0.3) is 0 Å². The highest BCUT2D eigenvalue weighted by atomic mass is 32.2. The number of nitrogens with one attached hydrogen (secondary N) is 2. The molecule has 5 nitrogen and oxygen atoms in total. The molecule has 0 radical (unpaired) electrons. The van der Waals surface area contributed by atoms with Crippen molar-refractivity contribution in [2.24, 2.45) is 0 Å². The first-order chi connectivity index (χ1) is 10.6. The van der Waals surface area contributed by atoms with Gasteiger partial charge < -0.3 is 10.6 Å². The standard InChI is InChI=1S/C16H18N4OS/c1-12(2)20-15(21)11-22-16(14(8-17)9-18)19-10-13-6-4-3-5-7-13/h3-7,12,19H,10-11H2,1-2H3,(H,20,21). The van der Waals surface area contributed by atoms with E-state index < -0.39 is 0 Å². The molecule has 114 valence electrons. The van der Waals surface area contributed by atoms with Crippen molar-refractivity contribution in [1.82, 2.24) is 10.6 Å². The first kappa shape index (κ1) is 17.6. The number of carbonyl (C=O) groups excluding carboxylic acids is 1. The van der Waals surface area contributed by atoms with Gasteiger partial charge in [-0.05, 0) is 19.4 Å². The molecule has 0 aliphatic rings. The van der Waals surface area contributed by atoms with Gasteiger partial charge in [-0.2, -0.15) is 10.5 Å². The number of rotatable bonds is 7. The number of hydrogen-bond acceptors (Lipinski definition) is 5. The SMILES string of the molecule is CC(C)NC(=O)CSC(NCc1ccccc1)=C(C#N)C#N. The lowest BCUT2D eigenvalue weighted by molar-refractivity contribution is -0.119. The number of benzene rings is 1. The summed E-state index contributed by atoms with van der Waals surface area (Å²) < 4.78 is 0. The number of nitrogens with zero attached hydrogens (tertiary/aromatic N) is 2. The summed E-state index contributed by atoms with van der Waals surface area (Å²) >= 11 is 1.16. The van der Waals surface area contributed by atoms with Crippen molar-refractivity contribution in [2.45, 2.75) is 26.4 Å². The molecular weight excluding hydrogens is 296 g/mol. The predicted molar refractivity (Wildman–Crippen MR) is 87.3 cm³/mol. The summed E-state index contributed by atoms with van der Waals surface area (Å²) in [4.78, 5) is 11.7. The van der Waals surface area contributed by atoms with Crippen LogP contribution in [0.4, 0.5) is 0 Å².